The zero-order valence-electron chi connectivity index (χ0n) is 38.6. The Kier molecular flexibility index (Phi) is 9.94. The van der Waals surface area contributed by atoms with Crippen LogP contribution in [0.1, 0.15) is 121 Å². The van der Waals surface area contributed by atoms with Crippen LogP contribution in [0.4, 0.5) is 17.1 Å². The molecule has 0 amide bonds. The fourth-order valence-corrected chi connectivity index (χ4v) is 12.5. The predicted molar refractivity (Wildman–Crippen MR) is 267 cm³/mol. The lowest BCUT2D eigenvalue weighted by atomic mass is 9.51. The van der Waals surface area contributed by atoms with Gasteiger partial charge in [0.25, 0.3) is 0 Å². The Hall–Kier alpha value is -5.60. The van der Waals surface area contributed by atoms with Gasteiger partial charge >= 0.3 is 0 Å². The first-order valence-electron chi connectivity index (χ1n) is 24.3. The second-order valence-corrected chi connectivity index (χ2v) is 20.6. The van der Waals surface area contributed by atoms with Crippen molar-refractivity contribution in [2.45, 2.75) is 111 Å². The molecule has 0 radical (unpaired) electrons. The van der Waals surface area contributed by atoms with Crippen molar-refractivity contribution < 1.29 is 0 Å². The normalized spacial score (nSPS) is 23.2. The van der Waals surface area contributed by atoms with Crippen LogP contribution in [0.15, 0.2) is 178 Å². The summed E-state index contributed by atoms with van der Waals surface area (Å²) in [5.41, 5.74) is 22.2. The molecule has 63 heavy (non-hydrogen) atoms. The van der Waals surface area contributed by atoms with Crippen molar-refractivity contribution in [1.82, 2.24) is 0 Å². The molecule has 6 aliphatic rings. The van der Waals surface area contributed by atoms with Crippen LogP contribution in [-0.2, 0) is 6.42 Å². The van der Waals surface area contributed by atoms with Gasteiger partial charge < -0.3 is 9.80 Å². The van der Waals surface area contributed by atoms with E-state index >= 15 is 0 Å². The van der Waals surface area contributed by atoms with E-state index < -0.39 is 0 Å². The number of hydrogen-bond acceptors (Lipinski definition) is 2. The number of allylic oxidation sites excluding steroid dienone is 7. The van der Waals surface area contributed by atoms with Gasteiger partial charge in [-0.05, 0) is 171 Å². The van der Waals surface area contributed by atoms with Crippen molar-refractivity contribution in [2.75, 3.05) is 9.80 Å². The summed E-state index contributed by atoms with van der Waals surface area (Å²) in [6, 6.07) is 44.4. The van der Waals surface area contributed by atoms with Gasteiger partial charge in [0.2, 0.25) is 0 Å². The average molecular weight is 825 g/mol. The highest BCUT2D eigenvalue weighted by Crippen LogP contribution is 2.63. The molecule has 318 valence electrons. The summed E-state index contributed by atoms with van der Waals surface area (Å²) in [4.78, 5) is 5.44. The first kappa shape index (κ1) is 40.2. The Morgan fingerprint density at radius 3 is 2.03 bits per heavy atom. The minimum atomic E-state index is 0.130. The van der Waals surface area contributed by atoms with Gasteiger partial charge in [0, 0.05) is 40.3 Å². The fourth-order valence-electron chi connectivity index (χ4n) is 12.5. The summed E-state index contributed by atoms with van der Waals surface area (Å²) < 4.78 is 0. The van der Waals surface area contributed by atoms with Gasteiger partial charge in [-0.15, -0.1) is 0 Å². The topological polar surface area (TPSA) is 6.48 Å². The second kappa shape index (κ2) is 15.6. The van der Waals surface area contributed by atoms with Crippen LogP contribution in [0.5, 0.6) is 0 Å². The summed E-state index contributed by atoms with van der Waals surface area (Å²) in [6.07, 6.45) is 18.6. The van der Waals surface area contributed by atoms with Crippen LogP contribution in [0.25, 0.3) is 16.8 Å². The molecule has 2 nitrogen and oxygen atoms in total. The molecule has 0 aromatic heterocycles. The Morgan fingerprint density at radius 2 is 1.30 bits per heavy atom. The van der Waals surface area contributed by atoms with Crippen molar-refractivity contribution in [3.63, 3.8) is 0 Å². The highest BCUT2D eigenvalue weighted by atomic mass is 15.2. The van der Waals surface area contributed by atoms with Crippen molar-refractivity contribution >= 4 is 33.9 Å². The third kappa shape index (κ3) is 6.74. The van der Waals surface area contributed by atoms with Crippen LogP contribution in [0.2, 0.25) is 0 Å². The molecule has 5 aromatic carbocycles. The summed E-state index contributed by atoms with van der Waals surface area (Å²) in [7, 11) is 0. The third-order valence-electron chi connectivity index (χ3n) is 15.9. The van der Waals surface area contributed by atoms with Crippen molar-refractivity contribution in [3.05, 3.63) is 201 Å². The maximum absolute atomic E-state index is 2.84. The first-order chi connectivity index (χ1) is 30.6. The van der Waals surface area contributed by atoms with E-state index in [0.29, 0.717) is 23.7 Å². The Labute approximate surface area is 377 Å². The molecule has 0 bridgehead atoms. The standard InChI is InChI=1S/C61H64N2/c1-8-40-35-57(63(49-25-19-42(20-26-49)39(4)5)51-28-22-44-14-10-12-16-46(44)34-51)54-37-55-58-47(31-32-61(55,6)7)36-56(53-30-29-52(40)59(54)60(53)58)62(48-23-17-41(18-24-48)38(2)3)50-27-21-43-13-9-11-15-45(43)33-50/h9-21,23-27,33-39,47,54,57-58H,8,22,28-32H2,1-7H3. The smallest absolute Gasteiger partial charge is 0.0628 e. The van der Waals surface area contributed by atoms with Gasteiger partial charge in [-0.1, -0.05) is 151 Å². The monoisotopic (exact) mass is 825 g/mol. The molecule has 4 unspecified atom stereocenters. The molecule has 11 rings (SSSR count). The van der Waals surface area contributed by atoms with Gasteiger partial charge in [0.1, 0.15) is 0 Å². The number of nitrogens with zero attached hydrogens (tertiary/aromatic N) is 2. The molecule has 0 aliphatic heterocycles. The molecule has 6 aliphatic carbocycles. The van der Waals surface area contributed by atoms with E-state index in [4.69, 9.17) is 0 Å². The molecule has 2 heteroatoms. The minimum absolute atomic E-state index is 0.130. The van der Waals surface area contributed by atoms with E-state index in [0.717, 1.165) is 32.1 Å². The van der Waals surface area contributed by atoms with E-state index in [9.17, 15) is 0 Å². The van der Waals surface area contributed by atoms with Gasteiger partial charge in [0.05, 0.1) is 6.04 Å². The lowest BCUT2D eigenvalue weighted by molar-refractivity contribution is 0.239. The number of hydrogen-bond donors (Lipinski definition) is 0. The zero-order chi connectivity index (χ0) is 43.1. The SMILES string of the molecule is CCC1=CC(N(C2=Cc3ccccc3CC2)c2ccc(C(C)C)cc2)C2C=C3C4C5=C(CCC1=C52)C(N(c1ccc(C(C)C)cc1)c1ccc2ccccc2c1)=CC4CCC3(C)C. The van der Waals surface area contributed by atoms with Crippen molar-refractivity contribution in [2.24, 2.45) is 23.2 Å². The molecule has 0 spiro atoms. The molecular weight excluding hydrogens is 761 g/mol. The summed E-state index contributed by atoms with van der Waals surface area (Å²) >= 11 is 0. The maximum atomic E-state index is 2.84. The molecule has 5 aromatic rings. The maximum Gasteiger partial charge on any atom is 0.0628 e. The lowest BCUT2D eigenvalue weighted by Crippen LogP contribution is -2.48. The Balaban J connectivity index is 1.12. The van der Waals surface area contributed by atoms with E-state index in [1.165, 1.54) is 74.3 Å². The molecule has 0 N–H and O–H groups in total. The molecule has 0 saturated heterocycles. The van der Waals surface area contributed by atoms with E-state index in [-0.39, 0.29) is 17.4 Å². The number of fused-ring (bicyclic) bond motifs is 2. The van der Waals surface area contributed by atoms with Crippen LogP contribution in [0, 0.1) is 23.2 Å². The highest BCUT2D eigenvalue weighted by molar-refractivity contribution is 5.88. The van der Waals surface area contributed by atoms with Gasteiger partial charge in [-0.25, -0.2) is 0 Å². The summed E-state index contributed by atoms with van der Waals surface area (Å²) in [5.74, 6) is 2.11. The van der Waals surface area contributed by atoms with Gasteiger partial charge in [-0.2, -0.15) is 0 Å². The summed E-state index contributed by atoms with van der Waals surface area (Å²) in [6.45, 7) is 16.7. The molecule has 0 heterocycles. The van der Waals surface area contributed by atoms with Crippen molar-refractivity contribution in [3.8, 4) is 0 Å². The Morgan fingerprint density at radius 1 is 0.635 bits per heavy atom. The molecular formula is C61H64N2. The lowest BCUT2D eigenvalue weighted by Gasteiger charge is -2.55. The predicted octanol–water partition coefficient (Wildman–Crippen LogP) is 16.3. The molecule has 1 fully saturated rings. The molecule has 1 saturated carbocycles. The minimum Gasteiger partial charge on any atom is -0.337 e. The Bertz CT molecular complexity index is 2810. The zero-order valence-corrected chi connectivity index (χ0v) is 38.6. The average Bonchev–Trinajstić information content (AvgIpc) is 3.30. The quantitative estimate of drug-likeness (QED) is 0.137. The number of rotatable bonds is 9. The fraction of sp³-hybridized carbons (Fsp3) is 0.344. The van der Waals surface area contributed by atoms with E-state index in [1.54, 1.807) is 33.4 Å². The van der Waals surface area contributed by atoms with Crippen LogP contribution >= 0.6 is 0 Å². The van der Waals surface area contributed by atoms with Gasteiger partial charge in [0.15, 0.2) is 0 Å². The van der Waals surface area contributed by atoms with Gasteiger partial charge in [-0.3, -0.25) is 0 Å². The highest BCUT2D eigenvalue weighted by Gasteiger charge is 2.52. The van der Waals surface area contributed by atoms with Crippen LogP contribution < -0.4 is 9.80 Å². The molecule has 4 atom stereocenters. The van der Waals surface area contributed by atoms with E-state index in [2.05, 4.69) is 198 Å². The van der Waals surface area contributed by atoms with E-state index in [1.807, 2.05) is 0 Å². The number of aryl methyl sites for hydroxylation is 1. The number of anilines is 3. The van der Waals surface area contributed by atoms with Crippen molar-refractivity contribution in [1.29, 1.82) is 0 Å². The number of benzene rings is 5. The summed E-state index contributed by atoms with van der Waals surface area (Å²) in [5, 5.41) is 2.57. The van der Waals surface area contributed by atoms with Crippen LogP contribution in [0.3, 0.4) is 0 Å². The van der Waals surface area contributed by atoms with Crippen LogP contribution in [-0.4, -0.2) is 6.04 Å². The third-order valence-corrected chi connectivity index (χ3v) is 15.9. The first-order valence-corrected chi connectivity index (χ1v) is 24.3. The largest absolute Gasteiger partial charge is 0.337 e. The second-order valence-electron chi connectivity index (χ2n) is 20.6.